The van der Waals surface area contributed by atoms with Crippen molar-refractivity contribution >= 4 is 17.4 Å². The van der Waals surface area contributed by atoms with Crippen LogP contribution in [0, 0.1) is 11.8 Å². The van der Waals surface area contributed by atoms with Gasteiger partial charge in [0.05, 0.1) is 22.9 Å². The third-order valence-corrected chi connectivity index (χ3v) is 7.53. The summed E-state index contributed by atoms with van der Waals surface area (Å²) in [5.74, 6) is 0.264. The normalized spacial score (nSPS) is 47.7. The molecule has 0 aromatic heterocycles. The number of benzene rings is 1. The van der Waals surface area contributed by atoms with Gasteiger partial charge in [0.1, 0.15) is 12.3 Å². The molecule has 5 aliphatic heterocycles. The summed E-state index contributed by atoms with van der Waals surface area (Å²) in [6.07, 6.45) is 3.17. The number of ether oxygens (including phenoxy) is 1. The molecule has 0 amide bonds. The highest BCUT2D eigenvalue weighted by Crippen LogP contribution is 2.67. The molecule has 1 aromatic rings. The van der Waals surface area contributed by atoms with E-state index in [1.54, 1.807) is 0 Å². The van der Waals surface area contributed by atoms with Gasteiger partial charge in [-0.2, -0.15) is 0 Å². The van der Waals surface area contributed by atoms with Crippen molar-refractivity contribution < 1.29 is 14.6 Å². The first-order chi connectivity index (χ1) is 12.6. The molecule has 6 aliphatic rings. The van der Waals surface area contributed by atoms with Crippen LogP contribution >= 0.6 is 0 Å². The van der Waals surface area contributed by atoms with Crippen LogP contribution in [0.4, 0.5) is 5.69 Å². The summed E-state index contributed by atoms with van der Waals surface area (Å²) in [7, 11) is 0. The van der Waals surface area contributed by atoms with Crippen molar-refractivity contribution in [1.29, 1.82) is 0 Å². The fraction of sp³-hybridized carbons (Fsp3) is 0.524. The van der Waals surface area contributed by atoms with Gasteiger partial charge in [-0.05, 0) is 42.9 Å². The molecule has 1 saturated carbocycles. The molecule has 1 aliphatic carbocycles. The number of carbonyl (C=O) groups excluding carboxylic acids is 1. The number of carbonyl (C=O) groups is 1. The van der Waals surface area contributed by atoms with E-state index in [-0.39, 0.29) is 41.4 Å². The maximum atomic E-state index is 12.0. The van der Waals surface area contributed by atoms with Crippen molar-refractivity contribution in [3.8, 4) is 0 Å². The first-order valence-electron chi connectivity index (χ1n) is 9.55. The monoisotopic (exact) mass is 350 g/mol. The topological polar surface area (TPSA) is 62.1 Å². The molecule has 5 heteroatoms. The highest BCUT2D eigenvalue weighted by Gasteiger charge is 2.74. The Labute approximate surface area is 152 Å². The van der Waals surface area contributed by atoms with Crippen molar-refractivity contribution in [2.75, 3.05) is 0 Å². The van der Waals surface area contributed by atoms with Gasteiger partial charge >= 0.3 is 5.97 Å². The lowest BCUT2D eigenvalue weighted by Crippen LogP contribution is -2.68. The van der Waals surface area contributed by atoms with Crippen molar-refractivity contribution in [1.82, 2.24) is 4.90 Å². The molecule has 134 valence electrons. The maximum Gasteiger partial charge on any atom is 0.302 e. The van der Waals surface area contributed by atoms with E-state index >= 15 is 0 Å². The van der Waals surface area contributed by atoms with Crippen molar-refractivity contribution in [2.24, 2.45) is 16.8 Å². The van der Waals surface area contributed by atoms with Gasteiger partial charge in [-0.15, -0.1) is 0 Å². The predicted molar refractivity (Wildman–Crippen MR) is 96.2 cm³/mol. The summed E-state index contributed by atoms with van der Waals surface area (Å²) in [4.78, 5) is 19.3. The molecule has 5 nitrogen and oxygen atoms in total. The molecule has 26 heavy (non-hydrogen) atoms. The van der Waals surface area contributed by atoms with Gasteiger partial charge in [-0.1, -0.05) is 24.3 Å². The van der Waals surface area contributed by atoms with E-state index in [2.05, 4.69) is 29.2 Å². The van der Waals surface area contributed by atoms with Crippen LogP contribution in [0.3, 0.4) is 0 Å². The fourth-order valence-electron chi connectivity index (χ4n) is 6.90. The zero-order valence-corrected chi connectivity index (χ0v) is 14.9. The molecule has 1 N–H and O–H groups in total. The van der Waals surface area contributed by atoms with Crippen molar-refractivity contribution in [3.63, 3.8) is 0 Å². The molecular weight excluding hydrogens is 328 g/mol. The van der Waals surface area contributed by atoms with E-state index < -0.39 is 6.23 Å². The Morgan fingerprint density at radius 3 is 3.00 bits per heavy atom. The van der Waals surface area contributed by atoms with Crippen LogP contribution in [0.2, 0.25) is 0 Å². The lowest BCUT2D eigenvalue weighted by Gasteiger charge is -2.58. The second kappa shape index (κ2) is 4.65. The zero-order chi connectivity index (χ0) is 17.8. The summed E-state index contributed by atoms with van der Waals surface area (Å²) in [5.41, 5.74) is 4.10. The van der Waals surface area contributed by atoms with E-state index in [1.165, 1.54) is 12.5 Å². The predicted octanol–water partition coefficient (Wildman–Crippen LogP) is 2.31. The molecule has 5 bridgehead atoms. The van der Waals surface area contributed by atoms with Gasteiger partial charge in [-0.25, -0.2) is 0 Å². The van der Waals surface area contributed by atoms with Crippen LogP contribution in [0.25, 0.3) is 0 Å². The Hall–Kier alpha value is -1.98. The SMILES string of the molecule is C/C=C1\[C@@H]2C[C@H]3C4=Nc5ccccc5[C@]45C[C@@H]([C@H]2C5OC(C)=O)N3[C@H]1O. The van der Waals surface area contributed by atoms with Gasteiger partial charge in [0.2, 0.25) is 0 Å². The third-order valence-electron chi connectivity index (χ3n) is 7.53. The number of fused-ring (bicyclic) bond motifs is 2. The molecule has 1 spiro atoms. The Bertz CT molecular complexity index is 906. The molecule has 2 unspecified atom stereocenters. The number of aliphatic hydroxyl groups is 1. The minimum atomic E-state index is -0.537. The summed E-state index contributed by atoms with van der Waals surface area (Å²) in [5, 5.41) is 11.0. The molecule has 5 heterocycles. The van der Waals surface area contributed by atoms with Crippen LogP contribution in [-0.2, 0) is 14.9 Å². The summed E-state index contributed by atoms with van der Waals surface area (Å²) in [6, 6.07) is 8.67. The first kappa shape index (κ1) is 15.1. The summed E-state index contributed by atoms with van der Waals surface area (Å²) < 4.78 is 6.04. The minimum Gasteiger partial charge on any atom is -0.461 e. The number of aliphatic imine (C=N–C) groups is 1. The Morgan fingerprint density at radius 1 is 1.42 bits per heavy atom. The molecule has 1 aromatic carbocycles. The van der Waals surface area contributed by atoms with E-state index in [0.717, 1.165) is 29.8 Å². The smallest absolute Gasteiger partial charge is 0.302 e. The van der Waals surface area contributed by atoms with Crippen LogP contribution in [0.1, 0.15) is 32.3 Å². The molecular formula is C21H22N2O3. The second-order valence-corrected chi connectivity index (χ2v) is 8.33. The number of aliphatic hydroxyl groups excluding tert-OH is 1. The molecule has 7 rings (SSSR count). The number of allylic oxidation sites excluding steroid dienone is 1. The maximum absolute atomic E-state index is 12.0. The number of nitrogens with zero attached hydrogens (tertiary/aromatic N) is 2. The number of hydrogen-bond acceptors (Lipinski definition) is 5. The van der Waals surface area contributed by atoms with E-state index in [4.69, 9.17) is 9.73 Å². The Morgan fingerprint density at radius 2 is 2.23 bits per heavy atom. The van der Waals surface area contributed by atoms with Crippen molar-refractivity contribution in [2.45, 2.75) is 56.5 Å². The molecule has 5 fully saturated rings. The van der Waals surface area contributed by atoms with E-state index in [9.17, 15) is 9.90 Å². The quantitative estimate of drug-likeness (QED) is 0.624. The van der Waals surface area contributed by atoms with Crippen molar-refractivity contribution in [3.05, 3.63) is 41.5 Å². The average molecular weight is 350 g/mol. The molecule has 0 radical (unpaired) electrons. The highest BCUT2D eigenvalue weighted by molar-refractivity contribution is 6.08. The van der Waals surface area contributed by atoms with Gasteiger partial charge in [-0.3, -0.25) is 14.7 Å². The lowest BCUT2D eigenvalue weighted by molar-refractivity contribution is -0.156. The largest absolute Gasteiger partial charge is 0.461 e. The summed E-state index contributed by atoms with van der Waals surface area (Å²) >= 11 is 0. The van der Waals surface area contributed by atoms with Crippen LogP contribution in [-0.4, -0.2) is 46.1 Å². The highest BCUT2D eigenvalue weighted by atomic mass is 16.5. The van der Waals surface area contributed by atoms with E-state index in [0.29, 0.717) is 0 Å². The first-order valence-corrected chi connectivity index (χ1v) is 9.55. The zero-order valence-electron chi connectivity index (χ0n) is 14.9. The second-order valence-electron chi connectivity index (χ2n) is 8.33. The molecule has 4 saturated heterocycles. The van der Waals surface area contributed by atoms with Gasteiger partial charge in [0.25, 0.3) is 0 Å². The number of hydrogen-bond donors (Lipinski definition) is 1. The number of para-hydroxylation sites is 1. The Kier molecular flexibility index (Phi) is 2.70. The van der Waals surface area contributed by atoms with Crippen LogP contribution in [0.5, 0.6) is 0 Å². The lowest BCUT2D eigenvalue weighted by atomic mass is 9.66. The van der Waals surface area contributed by atoms with E-state index in [1.807, 2.05) is 13.0 Å². The minimum absolute atomic E-state index is 0.140. The summed E-state index contributed by atoms with van der Waals surface area (Å²) in [6.45, 7) is 3.51. The van der Waals surface area contributed by atoms with Gasteiger partial charge in [0, 0.05) is 18.9 Å². The fourth-order valence-corrected chi connectivity index (χ4v) is 6.90. The van der Waals surface area contributed by atoms with Gasteiger partial charge < -0.3 is 9.84 Å². The Balaban J connectivity index is 1.62. The standard InChI is InChI=1S/C21H22N2O3/c1-3-11-12-8-15-18-21(13-6-4-5-7-14(13)22-18)9-16(23(15)20(11)25)17(12)19(21)26-10(2)24/h3-7,12,15-17,19-20,25H,8-9H2,1-2H3/b11-3+/t12-,15-,16-,17-,19?,20-,21+/m0/s1. The van der Waals surface area contributed by atoms with Crippen LogP contribution in [0.15, 0.2) is 40.9 Å². The number of rotatable bonds is 1. The van der Waals surface area contributed by atoms with Crippen LogP contribution < -0.4 is 0 Å². The average Bonchev–Trinajstić information content (AvgIpc) is 3.08. The third kappa shape index (κ3) is 1.45. The number of piperidine rings is 4. The van der Waals surface area contributed by atoms with Gasteiger partial charge in [0.15, 0.2) is 0 Å². The number of esters is 1. The molecule has 8 atom stereocenters.